The zero-order valence-electron chi connectivity index (χ0n) is 16.8. The Morgan fingerprint density at radius 2 is 1.79 bits per heavy atom. The minimum atomic E-state index is -0.382. The van der Waals surface area contributed by atoms with Gasteiger partial charge in [-0.2, -0.15) is 0 Å². The highest BCUT2D eigenvalue weighted by Crippen LogP contribution is 2.28. The molecule has 1 aromatic heterocycles. The van der Waals surface area contributed by atoms with E-state index in [2.05, 4.69) is 10.9 Å². The lowest BCUT2D eigenvalue weighted by Gasteiger charge is -2.11. The van der Waals surface area contributed by atoms with Gasteiger partial charge in [0.25, 0.3) is 5.91 Å². The number of aryl methyl sites for hydroxylation is 2. The van der Waals surface area contributed by atoms with Crippen LogP contribution in [-0.2, 0) is 24.1 Å². The maximum Gasteiger partial charge on any atom is 0.279 e. The largest absolute Gasteiger partial charge is 0.496 e. The van der Waals surface area contributed by atoms with E-state index >= 15 is 0 Å². The molecule has 7 heteroatoms. The van der Waals surface area contributed by atoms with Crippen LogP contribution in [-0.4, -0.2) is 24.7 Å². The van der Waals surface area contributed by atoms with Crippen LogP contribution < -0.4 is 15.6 Å². The number of thiophene rings is 1. The summed E-state index contributed by atoms with van der Waals surface area (Å²) in [5, 5.41) is 0. The average Bonchev–Trinajstić information content (AvgIpc) is 3.08. The predicted octanol–water partition coefficient (Wildman–Crippen LogP) is 3.62. The van der Waals surface area contributed by atoms with Gasteiger partial charge in [0.2, 0.25) is 5.91 Å². The molecule has 1 heterocycles. The van der Waals surface area contributed by atoms with Crippen LogP contribution in [0.2, 0.25) is 0 Å². The second kappa shape index (κ2) is 9.69. The zero-order chi connectivity index (χ0) is 20.8. The molecule has 1 aliphatic rings. The van der Waals surface area contributed by atoms with Crippen molar-refractivity contribution in [3.05, 3.63) is 50.7 Å². The van der Waals surface area contributed by atoms with Gasteiger partial charge in [0.15, 0.2) is 5.78 Å². The van der Waals surface area contributed by atoms with Gasteiger partial charge in [-0.1, -0.05) is 12.8 Å². The minimum absolute atomic E-state index is 0.00842. The highest BCUT2D eigenvalue weighted by atomic mass is 32.1. The second-order valence-corrected chi connectivity index (χ2v) is 8.37. The first-order valence-electron chi connectivity index (χ1n) is 9.86. The first kappa shape index (κ1) is 21.0. The van der Waals surface area contributed by atoms with Gasteiger partial charge in [0.05, 0.1) is 18.4 Å². The molecule has 1 aliphatic carbocycles. The van der Waals surface area contributed by atoms with Gasteiger partial charge in [-0.3, -0.25) is 25.2 Å². The van der Waals surface area contributed by atoms with E-state index in [1.165, 1.54) is 48.7 Å². The molecule has 1 aromatic carbocycles. The van der Waals surface area contributed by atoms with Crippen molar-refractivity contribution in [1.29, 1.82) is 0 Å². The van der Waals surface area contributed by atoms with Crippen LogP contribution in [0.4, 0.5) is 0 Å². The standard InChI is InChI=1S/C22H26N2O4S/c1-14(25)15-9-10-18(28-2)17(11-15)13-21(26)23-24-22(27)20-12-16-7-5-3-4-6-8-19(16)29-20/h9-12H,3-8,13H2,1-2H3,(H,23,26)(H,24,27). The second-order valence-electron chi connectivity index (χ2n) is 7.24. The summed E-state index contributed by atoms with van der Waals surface area (Å²) in [6.45, 7) is 1.47. The highest BCUT2D eigenvalue weighted by molar-refractivity contribution is 7.14. The smallest absolute Gasteiger partial charge is 0.279 e. The van der Waals surface area contributed by atoms with E-state index in [1.54, 1.807) is 18.2 Å². The molecule has 6 nitrogen and oxygen atoms in total. The molecular formula is C22H26N2O4S. The molecule has 0 bridgehead atoms. The topological polar surface area (TPSA) is 84.5 Å². The third-order valence-electron chi connectivity index (χ3n) is 5.07. The minimum Gasteiger partial charge on any atom is -0.496 e. The highest BCUT2D eigenvalue weighted by Gasteiger charge is 2.17. The summed E-state index contributed by atoms with van der Waals surface area (Å²) < 4.78 is 5.27. The number of amides is 2. The van der Waals surface area contributed by atoms with Crippen LogP contribution in [0.3, 0.4) is 0 Å². The first-order valence-corrected chi connectivity index (χ1v) is 10.7. The Labute approximate surface area is 174 Å². The molecule has 0 radical (unpaired) electrons. The van der Waals surface area contributed by atoms with Crippen molar-refractivity contribution in [2.24, 2.45) is 0 Å². The van der Waals surface area contributed by atoms with Crippen molar-refractivity contribution < 1.29 is 19.1 Å². The fourth-order valence-electron chi connectivity index (χ4n) is 3.50. The number of hydrazine groups is 1. The summed E-state index contributed by atoms with van der Waals surface area (Å²) in [7, 11) is 1.51. The van der Waals surface area contributed by atoms with Crippen LogP contribution in [0, 0.1) is 0 Å². The molecular weight excluding hydrogens is 388 g/mol. The normalized spacial score (nSPS) is 13.6. The summed E-state index contributed by atoms with van der Waals surface area (Å²) in [6.07, 6.45) is 6.81. The number of Topliss-reactive ketones (excluding diaryl/α,β-unsaturated/α-hetero) is 1. The van der Waals surface area contributed by atoms with E-state index in [-0.39, 0.29) is 24.0 Å². The molecule has 3 rings (SSSR count). The maximum atomic E-state index is 12.5. The van der Waals surface area contributed by atoms with Gasteiger partial charge >= 0.3 is 0 Å². The van der Waals surface area contributed by atoms with E-state index in [1.807, 2.05) is 6.07 Å². The molecule has 2 aromatic rings. The molecule has 0 fully saturated rings. The number of fused-ring (bicyclic) bond motifs is 1. The Morgan fingerprint density at radius 1 is 1.03 bits per heavy atom. The SMILES string of the molecule is COc1ccc(C(C)=O)cc1CC(=O)NNC(=O)c1cc2c(s1)CCCCCC2. The molecule has 29 heavy (non-hydrogen) atoms. The molecule has 0 aliphatic heterocycles. The van der Waals surface area contributed by atoms with Crippen molar-refractivity contribution in [3.8, 4) is 5.75 Å². The van der Waals surface area contributed by atoms with Gasteiger partial charge in [-0.15, -0.1) is 11.3 Å². The number of ether oxygens (including phenoxy) is 1. The van der Waals surface area contributed by atoms with Gasteiger partial charge in [0, 0.05) is 16.0 Å². The molecule has 2 N–H and O–H groups in total. The fraction of sp³-hybridized carbons (Fsp3) is 0.409. The third-order valence-corrected chi connectivity index (χ3v) is 6.31. The van der Waals surface area contributed by atoms with Gasteiger partial charge in [-0.25, -0.2) is 0 Å². The average molecular weight is 415 g/mol. The van der Waals surface area contributed by atoms with E-state index in [4.69, 9.17) is 4.74 Å². The number of methoxy groups -OCH3 is 1. The lowest BCUT2D eigenvalue weighted by molar-refractivity contribution is -0.121. The molecule has 0 atom stereocenters. The lowest BCUT2D eigenvalue weighted by atomic mass is 10.00. The lowest BCUT2D eigenvalue weighted by Crippen LogP contribution is -2.42. The Bertz CT molecular complexity index is 894. The zero-order valence-corrected chi connectivity index (χ0v) is 17.6. The summed E-state index contributed by atoms with van der Waals surface area (Å²) in [6, 6.07) is 6.92. The van der Waals surface area contributed by atoms with Crippen molar-refractivity contribution in [2.45, 2.75) is 51.9 Å². The van der Waals surface area contributed by atoms with Crippen LogP contribution in [0.15, 0.2) is 24.3 Å². The van der Waals surface area contributed by atoms with Crippen LogP contribution in [0.25, 0.3) is 0 Å². The van der Waals surface area contributed by atoms with Crippen molar-refractivity contribution >= 4 is 28.9 Å². The predicted molar refractivity (Wildman–Crippen MR) is 113 cm³/mol. The number of hydrogen-bond acceptors (Lipinski definition) is 5. The van der Waals surface area contributed by atoms with E-state index in [0.29, 0.717) is 21.8 Å². The van der Waals surface area contributed by atoms with Crippen molar-refractivity contribution in [3.63, 3.8) is 0 Å². The summed E-state index contributed by atoms with van der Waals surface area (Å²) >= 11 is 1.51. The Balaban J connectivity index is 1.61. The van der Waals surface area contributed by atoms with Crippen LogP contribution in [0.5, 0.6) is 5.75 Å². The van der Waals surface area contributed by atoms with Crippen molar-refractivity contribution in [1.82, 2.24) is 10.9 Å². The number of benzene rings is 1. The van der Waals surface area contributed by atoms with Gasteiger partial charge in [-0.05, 0) is 62.4 Å². The Hall–Kier alpha value is -2.67. The van der Waals surface area contributed by atoms with Crippen molar-refractivity contribution in [2.75, 3.05) is 7.11 Å². The van der Waals surface area contributed by atoms with Crippen LogP contribution in [0.1, 0.15) is 68.6 Å². The number of carbonyl (C=O) groups excluding carboxylic acids is 3. The van der Waals surface area contributed by atoms with E-state index in [0.717, 1.165) is 25.7 Å². The number of nitrogens with one attached hydrogen (secondary N) is 2. The van der Waals surface area contributed by atoms with Crippen LogP contribution >= 0.6 is 11.3 Å². The number of rotatable bonds is 5. The molecule has 154 valence electrons. The number of hydrogen-bond donors (Lipinski definition) is 2. The summed E-state index contributed by atoms with van der Waals surface area (Å²) in [4.78, 5) is 38.3. The quantitative estimate of drug-likeness (QED) is 0.578. The Morgan fingerprint density at radius 3 is 2.52 bits per heavy atom. The monoisotopic (exact) mass is 414 g/mol. The summed E-state index contributed by atoms with van der Waals surface area (Å²) in [5.74, 6) is -0.253. The molecule has 0 saturated heterocycles. The number of carbonyl (C=O) groups is 3. The number of ketones is 1. The maximum absolute atomic E-state index is 12.5. The Kier molecular flexibility index (Phi) is 7.04. The molecule has 0 saturated carbocycles. The molecule has 0 spiro atoms. The third kappa shape index (κ3) is 5.44. The summed E-state index contributed by atoms with van der Waals surface area (Å²) in [5.41, 5.74) is 7.32. The fourth-order valence-corrected chi connectivity index (χ4v) is 4.65. The van der Waals surface area contributed by atoms with Gasteiger partial charge < -0.3 is 4.74 Å². The van der Waals surface area contributed by atoms with E-state index < -0.39 is 0 Å². The molecule has 2 amide bonds. The van der Waals surface area contributed by atoms with E-state index in [9.17, 15) is 14.4 Å². The van der Waals surface area contributed by atoms with Gasteiger partial charge in [0.1, 0.15) is 5.75 Å². The first-order chi connectivity index (χ1) is 14.0. The molecule has 0 unspecified atom stereocenters.